The highest BCUT2D eigenvalue weighted by Crippen LogP contribution is 2.39. The molecule has 2 bridgehead atoms. The molecule has 2 saturated heterocycles. The summed E-state index contributed by atoms with van der Waals surface area (Å²) in [6.45, 7) is 0. The highest BCUT2D eigenvalue weighted by atomic mass is 16.5. The van der Waals surface area contributed by atoms with E-state index < -0.39 is 6.09 Å². The van der Waals surface area contributed by atoms with Crippen LogP contribution in [0.3, 0.4) is 0 Å². The number of methoxy groups -OCH3 is 1. The number of nitrogens with zero attached hydrogens (tertiary/aromatic N) is 1. The molecule has 17 heavy (non-hydrogen) atoms. The molecule has 2 unspecified atom stereocenters. The van der Waals surface area contributed by atoms with Gasteiger partial charge in [0.15, 0.2) is 0 Å². The lowest BCUT2D eigenvalue weighted by molar-refractivity contribution is -0.134. The SMILES string of the molecule is COC(=O)C=CC1CC2CCC(C1)N2C(=O)O. The van der Waals surface area contributed by atoms with E-state index in [1.54, 1.807) is 4.90 Å². The Kier molecular flexibility index (Phi) is 3.36. The highest BCUT2D eigenvalue weighted by molar-refractivity contribution is 5.81. The Morgan fingerprint density at radius 1 is 1.29 bits per heavy atom. The number of carbonyl (C=O) groups excluding carboxylic acids is 1. The van der Waals surface area contributed by atoms with Crippen LogP contribution in [0, 0.1) is 5.92 Å². The Morgan fingerprint density at radius 2 is 1.88 bits per heavy atom. The number of piperidine rings is 1. The maximum atomic E-state index is 11.1. The fourth-order valence-corrected chi connectivity index (χ4v) is 2.97. The van der Waals surface area contributed by atoms with E-state index in [0.29, 0.717) is 5.92 Å². The molecule has 0 aromatic heterocycles. The molecule has 0 saturated carbocycles. The summed E-state index contributed by atoms with van der Waals surface area (Å²) in [5.74, 6) is -0.0554. The first-order valence-corrected chi connectivity index (χ1v) is 5.89. The van der Waals surface area contributed by atoms with Crippen molar-refractivity contribution in [3.63, 3.8) is 0 Å². The summed E-state index contributed by atoms with van der Waals surface area (Å²) in [5, 5.41) is 9.10. The number of hydrogen-bond donors (Lipinski definition) is 1. The van der Waals surface area contributed by atoms with Crippen LogP contribution in [0.4, 0.5) is 4.79 Å². The number of carboxylic acid groups (broad SMARTS) is 1. The van der Waals surface area contributed by atoms with Gasteiger partial charge in [-0.1, -0.05) is 6.08 Å². The Morgan fingerprint density at radius 3 is 2.35 bits per heavy atom. The molecule has 5 nitrogen and oxygen atoms in total. The molecule has 2 fully saturated rings. The van der Waals surface area contributed by atoms with Crippen LogP contribution in [-0.4, -0.2) is 41.3 Å². The van der Waals surface area contributed by atoms with Gasteiger partial charge in [-0.2, -0.15) is 0 Å². The highest BCUT2D eigenvalue weighted by Gasteiger charge is 2.42. The van der Waals surface area contributed by atoms with Crippen molar-refractivity contribution in [2.45, 2.75) is 37.8 Å². The van der Waals surface area contributed by atoms with E-state index >= 15 is 0 Å². The maximum absolute atomic E-state index is 11.1. The molecule has 0 radical (unpaired) electrons. The van der Waals surface area contributed by atoms with Crippen LogP contribution in [0.1, 0.15) is 25.7 Å². The number of rotatable bonds is 2. The van der Waals surface area contributed by atoms with Gasteiger partial charge in [0.25, 0.3) is 0 Å². The topological polar surface area (TPSA) is 66.8 Å². The van der Waals surface area contributed by atoms with Crippen LogP contribution in [0.2, 0.25) is 0 Å². The molecule has 0 aliphatic carbocycles. The molecule has 2 aliphatic rings. The minimum absolute atomic E-state index is 0.124. The average molecular weight is 239 g/mol. The lowest BCUT2D eigenvalue weighted by Crippen LogP contribution is -2.45. The van der Waals surface area contributed by atoms with Crippen molar-refractivity contribution in [3.05, 3.63) is 12.2 Å². The first-order valence-electron chi connectivity index (χ1n) is 5.89. The molecular weight excluding hydrogens is 222 g/mol. The Labute approximate surface area is 100 Å². The van der Waals surface area contributed by atoms with Gasteiger partial charge in [0.2, 0.25) is 0 Å². The Hall–Kier alpha value is -1.52. The summed E-state index contributed by atoms with van der Waals surface area (Å²) in [6, 6.07) is 0.247. The predicted octanol–water partition coefficient (Wildman–Crippen LogP) is 1.64. The van der Waals surface area contributed by atoms with Crippen molar-refractivity contribution < 1.29 is 19.4 Å². The van der Waals surface area contributed by atoms with E-state index in [-0.39, 0.29) is 18.1 Å². The molecule has 5 heteroatoms. The standard InChI is InChI=1S/C12H17NO4/c1-17-11(14)5-2-8-6-9-3-4-10(7-8)13(9)12(15)16/h2,5,8-10H,3-4,6-7H2,1H3,(H,15,16). The largest absolute Gasteiger partial charge is 0.466 e. The van der Waals surface area contributed by atoms with Crippen molar-refractivity contribution in [1.82, 2.24) is 4.90 Å². The molecule has 0 spiro atoms. The van der Waals surface area contributed by atoms with E-state index in [9.17, 15) is 9.59 Å². The molecule has 2 heterocycles. The Balaban J connectivity index is 1.98. The molecule has 1 N–H and O–H groups in total. The van der Waals surface area contributed by atoms with Crippen LogP contribution >= 0.6 is 0 Å². The predicted molar refractivity (Wildman–Crippen MR) is 60.6 cm³/mol. The van der Waals surface area contributed by atoms with E-state index in [1.807, 2.05) is 6.08 Å². The van der Waals surface area contributed by atoms with Crippen LogP contribution in [-0.2, 0) is 9.53 Å². The zero-order valence-corrected chi connectivity index (χ0v) is 9.83. The van der Waals surface area contributed by atoms with E-state index in [2.05, 4.69) is 4.74 Å². The van der Waals surface area contributed by atoms with E-state index in [4.69, 9.17) is 5.11 Å². The quantitative estimate of drug-likeness (QED) is 0.587. The first kappa shape index (κ1) is 12.0. The number of ether oxygens (including phenoxy) is 1. The van der Waals surface area contributed by atoms with Crippen molar-refractivity contribution in [3.8, 4) is 0 Å². The molecule has 2 rings (SSSR count). The normalized spacial score (nSPS) is 31.8. The molecule has 1 amide bonds. The zero-order valence-electron chi connectivity index (χ0n) is 9.83. The fourth-order valence-electron chi connectivity index (χ4n) is 2.97. The first-order chi connectivity index (χ1) is 8.11. The second-order valence-electron chi connectivity index (χ2n) is 4.69. The van der Waals surface area contributed by atoms with Gasteiger partial charge in [-0.25, -0.2) is 9.59 Å². The van der Waals surface area contributed by atoms with Gasteiger partial charge in [0.1, 0.15) is 0 Å². The minimum atomic E-state index is -0.812. The third kappa shape index (κ3) is 2.43. The van der Waals surface area contributed by atoms with Crippen LogP contribution in [0.15, 0.2) is 12.2 Å². The molecule has 2 atom stereocenters. The Bertz CT molecular complexity index is 338. The molecular formula is C12H17NO4. The summed E-state index contributed by atoms with van der Waals surface area (Å²) in [6.07, 6.45) is 6.01. The number of amides is 1. The monoisotopic (exact) mass is 239 g/mol. The van der Waals surface area contributed by atoms with E-state index in [1.165, 1.54) is 13.2 Å². The number of esters is 1. The minimum Gasteiger partial charge on any atom is -0.466 e. The van der Waals surface area contributed by atoms with Crippen molar-refractivity contribution >= 4 is 12.1 Å². The number of carbonyl (C=O) groups is 2. The van der Waals surface area contributed by atoms with Crippen LogP contribution in [0.25, 0.3) is 0 Å². The van der Waals surface area contributed by atoms with Gasteiger partial charge in [-0.15, -0.1) is 0 Å². The average Bonchev–Trinajstić information content (AvgIpc) is 2.58. The lowest BCUT2D eigenvalue weighted by Gasteiger charge is -2.35. The molecule has 94 valence electrons. The van der Waals surface area contributed by atoms with Crippen LogP contribution < -0.4 is 0 Å². The third-order valence-corrected chi connectivity index (χ3v) is 3.70. The van der Waals surface area contributed by atoms with E-state index in [0.717, 1.165) is 25.7 Å². The number of fused-ring (bicyclic) bond motifs is 2. The van der Waals surface area contributed by atoms with Crippen molar-refractivity contribution in [2.24, 2.45) is 5.92 Å². The summed E-state index contributed by atoms with van der Waals surface area (Å²) in [7, 11) is 1.35. The smallest absolute Gasteiger partial charge is 0.407 e. The molecule has 0 aromatic rings. The lowest BCUT2D eigenvalue weighted by atomic mass is 9.90. The number of allylic oxidation sites excluding steroid dienone is 1. The van der Waals surface area contributed by atoms with Gasteiger partial charge in [0, 0.05) is 18.2 Å². The summed E-state index contributed by atoms with van der Waals surface area (Å²) in [4.78, 5) is 23.6. The van der Waals surface area contributed by atoms with Gasteiger partial charge in [-0.3, -0.25) is 0 Å². The van der Waals surface area contributed by atoms with Gasteiger partial charge >= 0.3 is 12.1 Å². The van der Waals surface area contributed by atoms with Crippen molar-refractivity contribution in [1.29, 1.82) is 0 Å². The second kappa shape index (κ2) is 4.77. The van der Waals surface area contributed by atoms with Crippen molar-refractivity contribution in [2.75, 3.05) is 7.11 Å². The summed E-state index contributed by atoms with van der Waals surface area (Å²) < 4.78 is 4.54. The summed E-state index contributed by atoms with van der Waals surface area (Å²) >= 11 is 0. The second-order valence-corrected chi connectivity index (χ2v) is 4.69. The molecule has 0 aromatic carbocycles. The zero-order chi connectivity index (χ0) is 12.4. The molecule has 2 aliphatic heterocycles. The van der Waals surface area contributed by atoms with Gasteiger partial charge < -0.3 is 14.7 Å². The number of hydrogen-bond acceptors (Lipinski definition) is 3. The third-order valence-electron chi connectivity index (χ3n) is 3.70. The maximum Gasteiger partial charge on any atom is 0.407 e. The van der Waals surface area contributed by atoms with Gasteiger partial charge in [0.05, 0.1) is 7.11 Å². The van der Waals surface area contributed by atoms with Crippen LogP contribution in [0.5, 0.6) is 0 Å². The fraction of sp³-hybridized carbons (Fsp3) is 0.667. The van der Waals surface area contributed by atoms with Gasteiger partial charge in [-0.05, 0) is 31.6 Å². The summed E-state index contributed by atoms with van der Waals surface area (Å²) in [5.41, 5.74) is 0.